The molecular formula is C18H29FN2O2. The second-order valence-corrected chi connectivity index (χ2v) is 6.89. The van der Waals surface area contributed by atoms with E-state index in [1.165, 1.54) is 12.1 Å². The fraction of sp³-hybridized carbons (Fsp3) is 0.667. The van der Waals surface area contributed by atoms with Crippen LogP contribution >= 0.6 is 0 Å². The number of piperidine rings is 1. The van der Waals surface area contributed by atoms with Crippen molar-refractivity contribution in [2.24, 2.45) is 5.41 Å². The molecule has 1 aliphatic heterocycles. The zero-order chi connectivity index (χ0) is 16.7. The van der Waals surface area contributed by atoms with Gasteiger partial charge >= 0.3 is 0 Å². The highest BCUT2D eigenvalue weighted by molar-refractivity contribution is 5.21. The largest absolute Gasteiger partial charge is 0.494 e. The van der Waals surface area contributed by atoms with E-state index >= 15 is 0 Å². The van der Waals surface area contributed by atoms with E-state index in [9.17, 15) is 9.50 Å². The maximum absolute atomic E-state index is 12.8. The predicted octanol–water partition coefficient (Wildman–Crippen LogP) is 2.23. The van der Waals surface area contributed by atoms with Gasteiger partial charge in [0.25, 0.3) is 0 Å². The highest BCUT2D eigenvalue weighted by Crippen LogP contribution is 2.31. The van der Waals surface area contributed by atoms with Gasteiger partial charge in [-0.3, -0.25) is 0 Å². The number of aliphatic hydroxyl groups excluding tert-OH is 1. The summed E-state index contributed by atoms with van der Waals surface area (Å²) in [7, 11) is 4.13. The zero-order valence-corrected chi connectivity index (χ0v) is 14.3. The normalized spacial score (nSPS) is 18.3. The van der Waals surface area contributed by atoms with Gasteiger partial charge in [-0.25, -0.2) is 4.39 Å². The summed E-state index contributed by atoms with van der Waals surface area (Å²) in [5.74, 6) is 0.478. The first-order chi connectivity index (χ1) is 11.0. The minimum absolute atomic E-state index is 0.0601. The summed E-state index contributed by atoms with van der Waals surface area (Å²) >= 11 is 0. The molecule has 0 spiro atoms. The lowest BCUT2D eigenvalue weighted by molar-refractivity contribution is 0.0230. The summed E-state index contributed by atoms with van der Waals surface area (Å²) in [6, 6.07) is 6.15. The van der Waals surface area contributed by atoms with Crippen molar-refractivity contribution in [3.05, 3.63) is 30.1 Å². The Balaban J connectivity index is 1.65. The second kappa shape index (κ2) is 8.62. The number of rotatable bonds is 8. The molecule has 130 valence electrons. The molecule has 0 saturated carbocycles. The number of hydrogen-bond acceptors (Lipinski definition) is 4. The van der Waals surface area contributed by atoms with Crippen molar-refractivity contribution in [3.8, 4) is 5.75 Å². The summed E-state index contributed by atoms with van der Waals surface area (Å²) in [5, 5.41) is 9.74. The molecule has 1 aliphatic rings. The molecule has 5 heteroatoms. The molecule has 1 fully saturated rings. The van der Waals surface area contributed by atoms with Crippen LogP contribution < -0.4 is 4.74 Å². The van der Waals surface area contributed by atoms with Crippen LogP contribution in [0.15, 0.2) is 24.3 Å². The molecule has 0 unspecified atom stereocenters. The first kappa shape index (κ1) is 18.2. The van der Waals surface area contributed by atoms with E-state index in [2.05, 4.69) is 23.9 Å². The Morgan fingerprint density at radius 3 is 2.43 bits per heavy atom. The molecule has 0 atom stereocenters. The summed E-state index contributed by atoms with van der Waals surface area (Å²) in [6.07, 6.45) is 3.04. The molecule has 2 rings (SSSR count). The number of benzene rings is 1. The molecule has 0 radical (unpaired) electrons. The Labute approximate surface area is 138 Å². The highest BCUT2D eigenvalue weighted by atomic mass is 19.1. The number of aliphatic hydroxyl groups is 1. The van der Waals surface area contributed by atoms with E-state index in [1.54, 1.807) is 12.1 Å². The zero-order valence-electron chi connectivity index (χ0n) is 14.3. The second-order valence-electron chi connectivity index (χ2n) is 6.89. The molecule has 0 amide bonds. The minimum atomic E-state index is -0.240. The Morgan fingerprint density at radius 2 is 1.87 bits per heavy atom. The van der Waals surface area contributed by atoms with E-state index in [0.717, 1.165) is 51.2 Å². The molecule has 1 saturated heterocycles. The Bertz CT molecular complexity index is 457. The van der Waals surface area contributed by atoms with Crippen LogP contribution in [0.2, 0.25) is 0 Å². The van der Waals surface area contributed by atoms with Crippen molar-refractivity contribution in [3.63, 3.8) is 0 Å². The van der Waals surface area contributed by atoms with Crippen LogP contribution in [-0.2, 0) is 0 Å². The summed E-state index contributed by atoms with van der Waals surface area (Å²) in [4.78, 5) is 4.61. The number of nitrogens with zero attached hydrogens (tertiary/aromatic N) is 2. The smallest absolute Gasteiger partial charge is 0.123 e. The predicted molar refractivity (Wildman–Crippen MR) is 90.3 cm³/mol. The van der Waals surface area contributed by atoms with Crippen LogP contribution in [0.4, 0.5) is 4.39 Å². The Hall–Kier alpha value is -1.17. The van der Waals surface area contributed by atoms with E-state index in [0.29, 0.717) is 6.61 Å². The molecule has 1 N–H and O–H groups in total. The van der Waals surface area contributed by atoms with Gasteiger partial charge in [0.15, 0.2) is 0 Å². The van der Waals surface area contributed by atoms with Crippen LogP contribution in [0, 0.1) is 11.2 Å². The van der Waals surface area contributed by atoms with E-state index in [-0.39, 0.29) is 17.8 Å². The fourth-order valence-electron chi connectivity index (χ4n) is 3.30. The van der Waals surface area contributed by atoms with Crippen LogP contribution in [0.1, 0.15) is 19.3 Å². The standard InChI is InChI=1S/C18H29FN2O2/c1-20(2)14-18(15-22)8-11-21(12-9-18)10-3-13-23-17-6-4-16(19)5-7-17/h4-7,22H,3,8-15H2,1-2H3. The average Bonchev–Trinajstić information content (AvgIpc) is 2.54. The lowest BCUT2D eigenvalue weighted by Gasteiger charge is -2.42. The van der Waals surface area contributed by atoms with Crippen LogP contribution in [0.25, 0.3) is 0 Å². The van der Waals surface area contributed by atoms with Gasteiger partial charge in [-0.2, -0.15) is 0 Å². The van der Waals surface area contributed by atoms with Crippen LogP contribution in [0.3, 0.4) is 0 Å². The van der Waals surface area contributed by atoms with Crippen molar-refractivity contribution in [1.29, 1.82) is 0 Å². The molecular weight excluding hydrogens is 295 g/mol. The quantitative estimate of drug-likeness (QED) is 0.744. The van der Waals surface area contributed by atoms with Gasteiger partial charge in [-0.1, -0.05) is 0 Å². The van der Waals surface area contributed by atoms with Gasteiger partial charge in [-0.05, 0) is 70.7 Å². The molecule has 23 heavy (non-hydrogen) atoms. The van der Waals surface area contributed by atoms with Crippen molar-refractivity contribution < 1.29 is 14.2 Å². The van der Waals surface area contributed by atoms with Gasteiger partial charge < -0.3 is 19.6 Å². The van der Waals surface area contributed by atoms with Gasteiger partial charge in [0.2, 0.25) is 0 Å². The van der Waals surface area contributed by atoms with Gasteiger partial charge in [0.1, 0.15) is 11.6 Å². The molecule has 1 aromatic rings. The lowest BCUT2D eigenvalue weighted by atomic mass is 9.78. The van der Waals surface area contributed by atoms with Crippen molar-refractivity contribution >= 4 is 0 Å². The van der Waals surface area contributed by atoms with Gasteiger partial charge in [0.05, 0.1) is 13.2 Å². The maximum Gasteiger partial charge on any atom is 0.123 e. The average molecular weight is 324 g/mol. The van der Waals surface area contributed by atoms with Crippen LogP contribution in [-0.4, -0.2) is 68.4 Å². The number of hydrogen-bond donors (Lipinski definition) is 1. The number of ether oxygens (including phenoxy) is 1. The first-order valence-corrected chi connectivity index (χ1v) is 8.39. The molecule has 0 aromatic heterocycles. The van der Waals surface area contributed by atoms with Gasteiger partial charge in [-0.15, -0.1) is 0 Å². The summed E-state index contributed by atoms with van der Waals surface area (Å²) in [5.41, 5.74) is 0.0601. The number of likely N-dealkylation sites (tertiary alicyclic amines) is 1. The number of halogens is 1. The van der Waals surface area contributed by atoms with Crippen LogP contribution in [0.5, 0.6) is 5.75 Å². The van der Waals surface area contributed by atoms with E-state index in [1.807, 2.05) is 0 Å². The van der Waals surface area contributed by atoms with Crippen molar-refractivity contribution in [1.82, 2.24) is 9.80 Å². The molecule has 4 nitrogen and oxygen atoms in total. The molecule has 1 heterocycles. The van der Waals surface area contributed by atoms with E-state index in [4.69, 9.17) is 4.74 Å². The SMILES string of the molecule is CN(C)CC1(CO)CCN(CCCOc2ccc(F)cc2)CC1. The van der Waals surface area contributed by atoms with Crippen molar-refractivity contribution in [2.45, 2.75) is 19.3 Å². The molecule has 1 aromatic carbocycles. The van der Waals surface area contributed by atoms with E-state index < -0.39 is 0 Å². The highest BCUT2D eigenvalue weighted by Gasteiger charge is 2.34. The minimum Gasteiger partial charge on any atom is -0.494 e. The Morgan fingerprint density at radius 1 is 1.22 bits per heavy atom. The third-order valence-corrected chi connectivity index (χ3v) is 4.60. The topological polar surface area (TPSA) is 35.9 Å². The summed E-state index contributed by atoms with van der Waals surface area (Å²) in [6.45, 7) is 4.93. The fourth-order valence-corrected chi connectivity index (χ4v) is 3.30. The maximum atomic E-state index is 12.8. The molecule has 0 aliphatic carbocycles. The summed E-state index contributed by atoms with van der Waals surface area (Å²) < 4.78 is 18.4. The third kappa shape index (κ3) is 5.75. The Kier molecular flexibility index (Phi) is 6.81. The van der Waals surface area contributed by atoms with Gasteiger partial charge in [0, 0.05) is 18.5 Å². The first-order valence-electron chi connectivity index (χ1n) is 8.39. The third-order valence-electron chi connectivity index (χ3n) is 4.60. The van der Waals surface area contributed by atoms with Crippen molar-refractivity contribution in [2.75, 3.05) is 53.5 Å². The monoisotopic (exact) mass is 324 g/mol. The lowest BCUT2D eigenvalue weighted by Crippen LogP contribution is -2.47. The molecule has 0 bridgehead atoms.